The smallest absolute Gasteiger partial charge is 0.395 e. The third-order valence-electron chi connectivity index (χ3n) is 5.35. The summed E-state index contributed by atoms with van der Waals surface area (Å²) in [6.07, 6.45) is -2.05. The molecule has 0 radical (unpaired) electrons. The summed E-state index contributed by atoms with van der Waals surface area (Å²) < 4.78 is 86.2. The normalized spacial score (nSPS) is 37.0. The van der Waals surface area contributed by atoms with E-state index in [2.05, 4.69) is 4.74 Å². The Hall–Kier alpha value is -0.900. The molecule has 5 nitrogen and oxygen atoms in total. The Morgan fingerprint density at radius 3 is 1.74 bits per heavy atom. The molecule has 0 amide bonds. The maximum absolute atomic E-state index is 13.5. The Kier molecular flexibility index (Phi) is 3.54. The van der Waals surface area contributed by atoms with E-state index >= 15 is 0 Å². The highest BCUT2D eigenvalue weighted by molar-refractivity contribution is 7.86. The average Bonchev–Trinajstić information content (AvgIpc) is 2.34. The van der Waals surface area contributed by atoms with Crippen molar-refractivity contribution in [2.75, 3.05) is 0 Å². The number of halogens is 4. The molecule has 0 aromatic rings. The van der Waals surface area contributed by atoms with Crippen LogP contribution in [0.1, 0.15) is 38.5 Å². The largest absolute Gasteiger partial charge is 0.485 e. The molecule has 4 rings (SSSR count). The highest BCUT2D eigenvalue weighted by Crippen LogP contribution is 2.61. The third kappa shape index (κ3) is 2.54. The number of rotatable bonds is 4. The monoisotopic (exact) mass is 360 g/mol. The molecule has 0 unspecified atom stereocenters. The molecule has 4 saturated carbocycles. The number of carbonyl (C=O) groups is 1. The second-order valence-corrected chi connectivity index (χ2v) is 8.56. The molecule has 0 atom stereocenters. The van der Waals surface area contributed by atoms with Gasteiger partial charge in [0.2, 0.25) is 0 Å². The van der Waals surface area contributed by atoms with Crippen molar-refractivity contribution in [1.82, 2.24) is 0 Å². The van der Waals surface area contributed by atoms with Crippen LogP contribution >= 0.6 is 0 Å². The van der Waals surface area contributed by atoms with Gasteiger partial charge in [0.25, 0.3) is 0 Å². The lowest BCUT2D eigenvalue weighted by atomic mass is 9.49. The van der Waals surface area contributed by atoms with Crippen molar-refractivity contribution in [3.05, 3.63) is 0 Å². The molecule has 4 aliphatic carbocycles. The molecular weight excluding hydrogens is 344 g/mol. The van der Waals surface area contributed by atoms with Gasteiger partial charge in [-0.1, -0.05) is 0 Å². The molecule has 0 aromatic carbocycles. The lowest BCUT2D eigenvalue weighted by Gasteiger charge is -2.55. The fourth-order valence-electron chi connectivity index (χ4n) is 4.79. The zero-order chi connectivity index (χ0) is 17.3. The van der Waals surface area contributed by atoms with Crippen molar-refractivity contribution in [2.45, 2.75) is 49.9 Å². The second-order valence-electron chi connectivity index (χ2n) is 7.10. The van der Waals surface area contributed by atoms with E-state index in [4.69, 9.17) is 4.55 Å². The summed E-state index contributed by atoms with van der Waals surface area (Å²) >= 11 is 0. The Labute approximate surface area is 130 Å². The summed E-state index contributed by atoms with van der Waals surface area (Å²) in [5.74, 6) is -0.941. The molecule has 1 N–H and O–H groups in total. The topological polar surface area (TPSA) is 80.7 Å². The van der Waals surface area contributed by atoms with Crippen LogP contribution in [0.5, 0.6) is 0 Å². The van der Waals surface area contributed by atoms with Crippen LogP contribution in [-0.2, 0) is 19.6 Å². The van der Waals surface area contributed by atoms with Gasteiger partial charge in [-0.05, 0) is 56.3 Å². The van der Waals surface area contributed by atoms with Crippen LogP contribution in [0.15, 0.2) is 0 Å². The van der Waals surface area contributed by atoms with E-state index in [9.17, 15) is 30.8 Å². The zero-order valence-corrected chi connectivity index (χ0v) is 12.8. The number of esters is 1. The molecule has 4 fully saturated rings. The van der Waals surface area contributed by atoms with E-state index in [0.717, 1.165) is 19.3 Å². The first-order valence-electron chi connectivity index (χ1n) is 7.32. The fraction of sp³-hybridized carbons (Fsp3) is 0.923. The van der Waals surface area contributed by atoms with E-state index < -0.39 is 32.9 Å². The van der Waals surface area contributed by atoms with Crippen molar-refractivity contribution < 1.29 is 40.1 Å². The minimum absolute atomic E-state index is 0.185. The van der Waals surface area contributed by atoms with Gasteiger partial charge < -0.3 is 4.74 Å². The van der Waals surface area contributed by atoms with Crippen LogP contribution < -0.4 is 0 Å². The standard InChI is InChI=1S/C13H16F4O5S/c14-12(15,13(16,17)23(19,20)21)22-10(18)11-4-7-1-8(5-11)3-9(2-7)6-11/h7-9H,1-6H2,(H,19,20,21). The lowest BCUT2D eigenvalue weighted by molar-refractivity contribution is -0.309. The van der Waals surface area contributed by atoms with Crippen molar-refractivity contribution in [3.63, 3.8) is 0 Å². The molecule has 23 heavy (non-hydrogen) atoms. The Morgan fingerprint density at radius 2 is 1.39 bits per heavy atom. The van der Waals surface area contributed by atoms with Gasteiger partial charge in [0.15, 0.2) is 0 Å². The third-order valence-corrected chi connectivity index (χ3v) is 6.24. The maximum atomic E-state index is 13.5. The molecule has 0 spiro atoms. The van der Waals surface area contributed by atoms with Gasteiger partial charge >= 0.3 is 27.5 Å². The molecule has 132 valence electrons. The van der Waals surface area contributed by atoms with Gasteiger partial charge in [0.05, 0.1) is 5.41 Å². The van der Waals surface area contributed by atoms with Gasteiger partial charge in [-0.3, -0.25) is 9.35 Å². The zero-order valence-electron chi connectivity index (χ0n) is 12.0. The van der Waals surface area contributed by atoms with Crippen LogP contribution in [0.3, 0.4) is 0 Å². The van der Waals surface area contributed by atoms with Crippen LogP contribution in [-0.4, -0.2) is 30.3 Å². The number of carbonyl (C=O) groups excluding carboxylic acids is 1. The molecule has 10 heteroatoms. The summed E-state index contributed by atoms with van der Waals surface area (Å²) in [6, 6.07) is 0. The van der Waals surface area contributed by atoms with Crippen LogP contribution in [0, 0.1) is 23.2 Å². The van der Waals surface area contributed by atoms with Crippen molar-refractivity contribution in [2.24, 2.45) is 23.2 Å². The molecule has 4 aliphatic rings. The van der Waals surface area contributed by atoms with E-state index in [1.165, 1.54) is 0 Å². The van der Waals surface area contributed by atoms with Crippen molar-refractivity contribution in [3.8, 4) is 0 Å². The lowest BCUT2D eigenvalue weighted by Crippen LogP contribution is -2.55. The summed E-state index contributed by atoms with van der Waals surface area (Å²) in [7, 11) is -6.42. The fourth-order valence-corrected chi connectivity index (χ4v) is 5.14. The van der Waals surface area contributed by atoms with E-state index in [-0.39, 0.29) is 17.8 Å². The summed E-state index contributed by atoms with van der Waals surface area (Å²) in [5, 5.41) is -5.89. The second kappa shape index (κ2) is 4.81. The van der Waals surface area contributed by atoms with Gasteiger partial charge in [-0.25, -0.2) is 0 Å². The van der Waals surface area contributed by atoms with Gasteiger partial charge in [0.1, 0.15) is 0 Å². The first-order chi connectivity index (χ1) is 10.4. The molecule has 4 bridgehead atoms. The molecule has 0 heterocycles. The number of ether oxygens (including phenoxy) is 1. The minimum atomic E-state index is -6.42. The highest BCUT2D eigenvalue weighted by Gasteiger charge is 2.71. The van der Waals surface area contributed by atoms with Crippen LogP contribution in [0.25, 0.3) is 0 Å². The Morgan fingerprint density at radius 1 is 1.00 bits per heavy atom. The maximum Gasteiger partial charge on any atom is 0.485 e. The molecule has 0 aromatic heterocycles. The number of hydrogen-bond donors (Lipinski definition) is 1. The first-order valence-corrected chi connectivity index (χ1v) is 8.76. The Balaban J connectivity index is 1.82. The summed E-state index contributed by atoms with van der Waals surface area (Å²) in [5.41, 5.74) is -1.24. The van der Waals surface area contributed by atoms with Crippen LogP contribution in [0.4, 0.5) is 17.6 Å². The van der Waals surface area contributed by atoms with Gasteiger partial charge in [-0.2, -0.15) is 26.0 Å². The van der Waals surface area contributed by atoms with Crippen molar-refractivity contribution >= 4 is 16.1 Å². The van der Waals surface area contributed by atoms with E-state index in [1.54, 1.807) is 0 Å². The average molecular weight is 360 g/mol. The van der Waals surface area contributed by atoms with E-state index in [0.29, 0.717) is 19.3 Å². The molecular formula is C13H16F4O5S. The summed E-state index contributed by atoms with van der Waals surface area (Å²) in [4.78, 5) is 12.2. The minimum Gasteiger partial charge on any atom is -0.395 e. The van der Waals surface area contributed by atoms with Crippen molar-refractivity contribution in [1.29, 1.82) is 0 Å². The predicted molar refractivity (Wildman–Crippen MR) is 68.1 cm³/mol. The van der Waals surface area contributed by atoms with Gasteiger partial charge in [0, 0.05) is 0 Å². The van der Waals surface area contributed by atoms with E-state index in [1.807, 2.05) is 0 Å². The quantitative estimate of drug-likeness (QED) is 0.474. The number of hydrogen-bond acceptors (Lipinski definition) is 4. The predicted octanol–water partition coefficient (Wildman–Crippen LogP) is 2.82. The first kappa shape index (κ1) is 16.9. The van der Waals surface area contributed by atoms with Gasteiger partial charge in [-0.15, -0.1) is 0 Å². The SMILES string of the molecule is O=C(OC(F)(F)C(F)(F)S(=O)(=O)O)C12CC3CC(CC(C3)C1)C2. The molecule has 0 aliphatic heterocycles. The van der Waals surface area contributed by atoms with Crippen LogP contribution in [0.2, 0.25) is 0 Å². The highest BCUT2D eigenvalue weighted by atomic mass is 32.2. The molecule has 0 saturated heterocycles. The number of alkyl halides is 4. The Bertz CT molecular complexity index is 595. The summed E-state index contributed by atoms with van der Waals surface area (Å²) in [6.45, 7) is 0.